The molecule has 0 spiro atoms. The number of hydrogen-bond donors (Lipinski definition) is 2. The Kier molecular flexibility index (Phi) is 5.12. The molecule has 3 nitrogen and oxygen atoms in total. The van der Waals surface area contributed by atoms with Gasteiger partial charge in [0.05, 0.1) is 16.3 Å². The molecule has 96 valence electrons. The zero-order valence-electron chi connectivity index (χ0n) is 10.1. The topological polar surface area (TPSA) is 55.1 Å². The van der Waals surface area contributed by atoms with Gasteiger partial charge in [-0.05, 0) is 36.5 Å². The molecule has 0 aromatic carbocycles. The number of thiophene rings is 1. The number of carbonyl (C=O) groups excluding carboxylic acids is 1. The monoisotopic (exact) mass is 280 g/mol. The second kappa shape index (κ2) is 6.83. The minimum Gasteiger partial charge on any atom is -0.349 e. The van der Waals surface area contributed by atoms with Crippen LogP contribution in [0.5, 0.6) is 0 Å². The summed E-state index contributed by atoms with van der Waals surface area (Å²) in [6.07, 6.45) is 2.14. The van der Waals surface area contributed by atoms with Crippen LogP contribution in [0.3, 0.4) is 0 Å². The van der Waals surface area contributed by atoms with Crippen molar-refractivity contribution in [1.29, 1.82) is 0 Å². The second-order valence-electron chi connectivity index (χ2n) is 4.03. The highest BCUT2D eigenvalue weighted by Crippen LogP contribution is 2.19. The Morgan fingerprint density at radius 3 is 2.94 bits per heavy atom. The Labute approximate surface area is 116 Å². The summed E-state index contributed by atoms with van der Waals surface area (Å²) in [4.78, 5) is 13.6. The summed E-state index contributed by atoms with van der Waals surface area (Å²) in [6, 6.07) is 4.04. The highest BCUT2D eigenvalue weighted by atomic mass is 32.2. The molecule has 18 heavy (non-hydrogen) atoms. The second-order valence-corrected chi connectivity index (χ2v) is 6.34. The number of nitrogens with two attached hydrogens (primary N) is 1. The third-order valence-corrected chi connectivity index (χ3v) is 4.75. The standard InChI is InChI=1S/C13H16N2OS2/c14-7-1-2-11-3-4-12(18-11)13(16)15-10-5-8-17-9-6-10/h3-4,10H,5-9,14H2,(H,15,16). The first kappa shape index (κ1) is 13.5. The molecule has 1 aromatic heterocycles. The van der Waals surface area contributed by atoms with E-state index in [0.717, 1.165) is 34.1 Å². The maximum atomic E-state index is 12.0. The van der Waals surface area contributed by atoms with E-state index in [4.69, 9.17) is 5.73 Å². The zero-order valence-corrected chi connectivity index (χ0v) is 11.7. The van der Waals surface area contributed by atoms with E-state index in [1.165, 1.54) is 11.3 Å². The molecule has 0 saturated carbocycles. The van der Waals surface area contributed by atoms with E-state index in [9.17, 15) is 4.79 Å². The van der Waals surface area contributed by atoms with Crippen LogP contribution in [0.25, 0.3) is 0 Å². The lowest BCUT2D eigenvalue weighted by Gasteiger charge is -2.22. The highest BCUT2D eigenvalue weighted by molar-refractivity contribution is 7.99. The number of rotatable bonds is 2. The van der Waals surface area contributed by atoms with Gasteiger partial charge in [-0.2, -0.15) is 11.8 Å². The number of amides is 1. The van der Waals surface area contributed by atoms with Crippen LogP contribution in [0.2, 0.25) is 0 Å². The van der Waals surface area contributed by atoms with Gasteiger partial charge in [0.2, 0.25) is 0 Å². The van der Waals surface area contributed by atoms with E-state index in [2.05, 4.69) is 17.2 Å². The Bertz CT molecular complexity index is 467. The van der Waals surface area contributed by atoms with Gasteiger partial charge in [0.1, 0.15) is 0 Å². The zero-order chi connectivity index (χ0) is 12.8. The number of thioether (sulfide) groups is 1. The predicted octanol–water partition coefficient (Wildman–Crippen LogP) is 1.68. The van der Waals surface area contributed by atoms with Crippen LogP contribution < -0.4 is 11.1 Å². The third kappa shape index (κ3) is 3.77. The maximum absolute atomic E-state index is 12.0. The van der Waals surface area contributed by atoms with Crippen LogP contribution in [0.4, 0.5) is 0 Å². The van der Waals surface area contributed by atoms with Crippen LogP contribution >= 0.6 is 23.1 Å². The maximum Gasteiger partial charge on any atom is 0.261 e. The average molecular weight is 280 g/mol. The van der Waals surface area contributed by atoms with Gasteiger partial charge in [-0.1, -0.05) is 11.8 Å². The van der Waals surface area contributed by atoms with Crippen molar-refractivity contribution in [1.82, 2.24) is 5.32 Å². The SMILES string of the molecule is NCC#Cc1ccc(C(=O)NC2CCSCC2)s1. The smallest absolute Gasteiger partial charge is 0.261 e. The summed E-state index contributed by atoms with van der Waals surface area (Å²) < 4.78 is 0. The van der Waals surface area contributed by atoms with Gasteiger partial charge in [0.25, 0.3) is 5.91 Å². The van der Waals surface area contributed by atoms with Crippen molar-refractivity contribution >= 4 is 29.0 Å². The Morgan fingerprint density at radius 2 is 2.22 bits per heavy atom. The van der Waals surface area contributed by atoms with E-state index in [0.29, 0.717) is 12.6 Å². The molecular weight excluding hydrogens is 264 g/mol. The van der Waals surface area contributed by atoms with Crippen molar-refractivity contribution in [3.63, 3.8) is 0 Å². The Morgan fingerprint density at radius 1 is 1.44 bits per heavy atom. The molecule has 2 heterocycles. The third-order valence-electron chi connectivity index (χ3n) is 2.70. The van der Waals surface area contributed by atoms with E-state index in [1.807, 2.05) is 23.9 Å². The molecule has 1 amide bonds. The van der Waals surface area contributed by atoms with Gasteiger partial charge >= 0.3 is 0 Å². The molecule has 1 aliphatic rings. The lowest BCUT2D eigenvalue weighted by molar-refractivity contribution is 0.0939. The molecule has 1 aliphatic heterocycles. The van der Waals surface area contributed by atoms with Crippen LogP contribution in [0.1, 0.15) is 27.4 Å². The van der Waals surface area contributed by atoms with Crippen molar-refractivity contribution in [2.45, 2.75) is 18.9 Å². The summed E-state index contributed by atoms with van der Waals surface area (Å²) >= 11 is 3.38. The molecule has 2 rings (SSSR count). The quantitative estimate of drug-likeness (QED) is 0.811. The Hall–Kier alpha value is -0.960. The van der Waals surface area contributed by atoms with Crippen molar-refractivity contribution in [3.8, 4) is 11.8 Å². The highest BCUT2D eigenvalue weighted by Gasteiger charge is 2.17. The molecule has 0 atom stereocenters. The van der Waals surface area contributed by atoms with E-state index < -0.39 is 0 Å². The summed E-state index contributed by atoms with van der Waals surface area (Å²) in [5.74, 6) is 8.04. The molecule has 0 unspecified atom stereocenters. The first-order valence-electron chi connectivity index (χ1n) is 5.97. The van der Waals surface area contributed by atoms with Gasteiger partial charge in [-0.3, -0.25) is 4.79 Å². The van der Waals surface area contributed by atoms with E-state index in [1.54, 1.807) is 0 Å². The van der Waals surface area contributed by atoms with Crippen LogP contribution in [-0.2, 0) is 0 Å². The summed E-state index contributed by atoms with van der Waals surface area (Å²) in [5, 5.41) is 3.09. The minimum absolute atomic E-state index is 0.0256. The predicted molar refractivity (Wildman–Crippen MR) is 78.1 cm³/mol. The lowest BCUT2D eigenvalue weighted by atomic mass is 10.1. The van der Waals surface area contributed by atoms with Gasteiger partial charge in [-0.25, -0.2) is 0 Å². The fourth-order valence-electron chi connectivity index (χ4n) is 1.76. The van der Waals surface area contributed by atoms with Crippen molar-refractivity contribution in [2.75, 3.05) is 18.1 Å². The van der Waals surface area contributed by atoms with Crippen LogP contribution in [-0.4, -0.2) is 30.0 Å². The molecule has 0 bridgehead atoms. The van der Waals surface area contributed by atoms with Crippen molar-refractivity contribution < 1.29 is 4.79 Å². The number of nitrogens with one attached hydrogen (secondary N) is 1. The summed E-state index contributed by atoms with van der Waals surface area (Å²) in [7, 11) is 0. The van der Waals surface area contributed by atoms with Crippen LogP contribution in [0.15, 0.2) is 12.1 Å². The first-order chi connectivity index (χ1) is 8.79. The van der Waals surface area contributed by atoms with Crippen LogP contribution in [0, 0.1) is 11.8 Å². The minimum atomic E-state index is 0.0256. The largest absolute Gasteiger partial charge is 0.349 e. The summed E-state index contributed by atoms with van der Waals surface area (Å²) in [6.45, 7) is 0.346. The molecule has 0 radical (unpaired) electrons. The fraction of sp³-hybridized carbons (Fsp3) is 0.462. The fourth-order valence-corrected chi connectivity index (χ4v) is 3.65. The van der Waals surface area contributed by atoms with Gasteiger partial charge in [-0.15, -0.1) is 11.3 Å². The average Bonchev–Trinajstić information content (AvgIpc) is 2.86. The first-order valence-corrected chi connectivity index (χ1v) is 7.94. The van der Waals surface area contributed by atoms with E-state index >= 15 is 0 Å². The normalized spacial score (nSPS) is 15.8. The molecular formula is C13H16N2OS2. The van der Waals surface area contributed by atoms with Crippen molar-refractivity contribution in [2.24, 2.45) is 5.73 Å². The van der Waals surface area contributed by atoms with Gasteiger partial charge < -0.3 is 11.1 Å². The molecule has 3 N–H and O–H groups in total. The lowest BCUT2D eigenvalue weighted by Crippen LogP contribution is -2.36. The van der Waals surface area contributed by atoms with Gasteiger partial charge in [0, 0.05) is 6.04 Å². The van der Waals surface area contributed by atoms with Crippen molar-refractivity contribution in [3.05, 3.63) is 21.9 Å². The number of hydrogen-bond acceptors (Lipinski definition) is 4. The number of carbonyl (C=O) groups is 1. The molecule has 1 aromatic rings. The Balaban J connectivity index is 1.93. The molecule has 0 aliphatic carbocycles. The molecule has 1 saturated heterocycles. The molecule has 5 heteroatoms. The summed E-state index contributed by atoms with van der Waals surface area (Å²) in [5.41, 5.74) is 5.32. The van der Waals surface area contributed by atoms with E-state index in [-0.39, 0.29) is 5.91 Å². The molecule has 1 fully saturated rings. The van der Waals surface area contributed by atoms with Gasteiger partial charge in [0.15, 0.2) is 0 Å².